The molecule has 0 aliphatic carbocycles. The Kier molecular flexibility index (Phi) is 4.42. The quantitative estimate of drug-likeness (QED) is 0.366. The van der Waals surface area contributed by atoms with Crippen LogP contribution in [0.2, 0.25) is 0 Å². The van der Waals surface area contributed by atoms with Crippen molar-refractivity contribution in [2.45, 2.75) is 12.3 Å². The monoisotopic (exact) mass is 446 g/mol. The fourth-order valence-electron chi connectivity index (χ4n) is 2.71. The van der Waals surface area contributed by atoms with Crippen LogP contribution in [0, 0.1) is 0 Å². The molecule has 3 rings (SSSR count). The van der Waals surface area contributed by atoms with Crippen molar-refractivity contribution in [1.29, 1.82) is 0 Å². The van der Waals surface area contributed by atoms with Gasteiger partial charge < -0.3 is 5.11 Å². The Balaban J connectivity index is 2.47. The lowest BCUT2D eigenvalue weighted by Crippen LogP contribution is -2.05. The fourth-order valence-corrected chi connectivity index (χ4v) is 3.54. The van der Waals surface area contributed by atoms with Crippen LogP contribution in [-0.2, 0) is 6.18 Å². The normalized spacial score (nSPS) is 13.7. The highest BCUT2D eigenvalue weighted by Crippen LogP contribution is 2.39. The Hall–Kier alpha value is -1.11. The predicted octanol–water partition coefficient (Wildman–Crippen LogP) is 6.20. The zero-order valence-corrected chi connectivity index (χ0v) is 14.8. The van der Waals surface area contributed by atoms with Crippen LogP contribution < -0.4 is 0 Å². The second-order valence-electron chi connectivity index (χ2n) is 5.23. The van der Waals surface area contributed by atoms with Crippen molar-refractivity contribution in [3.63, 3.8) is 0 Å². The lowest BCUT2D eigenvalue weighted by molar-refractivity contribution is -0.137. The lowest BCUT2D eigenvalue weighted by Gasteiger charge is -2.16. The van der Waals surface area contributed by atoms with Gasteiger partial charge in [-0.2, -0.15) is 13.2 Å². The molecule has 0 aliphatic rings. The third-order valence-corrected chi connectivity index (χ3v) is 5.11. The Morgan fingerprint density at radius 2 is 1.70 bits per heavy atom. The van der Waals surface area contributed by atoms with E-state index in [1.54, 1.807) is 12.1 Å². The highest BCUT2D eigenvalue weighted by atomic mass is 79.9. The first-order valence-corrected chi connectivity index (χ1v) is 8.70. The third-order valence-electron chi connectivity index (χ3n) is 3.81. The van der Waals surface area contributed by atoms with Gasteiger partial charge in [-0.1, -0.05) is 50.1 Å². The standard InChI is InChI=1S/C17H11Br2F3O/c18-8-16(23)14-7-13-10(2-1-3-15(13)19)12-6-9(17(20,21)22)4-5-11(12)14/h1-7,16,23H,8H2/t16-/m0/s1. The second-order valence-corrected chi connectivity index (χ2v) is 6.73. The zero-order valence-electron chi connectivity index (χ0n) is 11.7. The molecule has 23 heavy (non-hydrogen) atoms. The smallest absolute Gasteiger partial charge is 0.388 e. The van der Waals surface area contributed by atoms with E-state index in [0.717, 1.165) is 22.0 Å². The molecule has 1 N–H and O–H groups in total. The van der Waals surface area contributed by atoms with Gasteiger partial charge in [-0.25, -0.2) is 0 Å². The average molecular weight is 448 g/mol. The molecule has 0 bridgehead atoms. The van der Waals surface area contributed by atoms with E-state index in [1.165, 1.54) is 6.07 Å². The highest BCUT2D eigenvalue weighted by Gasteiger charge is 2.31. The summed E-state index contributed by atoms with van der Waals surface area (Å²) in [5.41, 5.74) is -0.0956. The molecular formula is C17H11Br2F3O. The Morgan fingerprint density at radius 3 is 2.35 bits per heavy atom. The van der Waals surface area contributed by atoms with E-state index in [1.807, 2.05) is 12.1 Å². The molecule has 1 atom stereocenters. The molecule has 0 aliphatic heterocycles. The number of alkyl halides is 4. The van der Waals surface area contributed by atoms with Crippen molar-refractivity contribution in [2.75, 3.05) is 5.33 Å². The van der Waals surface area contributed by atoms with Gasteiger partial charge in [0.25, 0.3) is 0 Å². The molecule has 3 aromatic carbocycles. The highest BCUT2D eigenvalue weighted by molar-refractivity contribution is 9.10. The van der Waals surface area contributed by atoms with Crippen molar-refractivity contribution in [3.05, 3.63) is 58.1 Å². The van der Waals surface area contributed by atoms with Crippen molar-refractivity contribution in [1.82, 2.24) is 0 Å². The molecule has 6 heteroatoms. The maximum Gasteiger partial charge on any atom is 0.416 e. The first kappa shape index (κ1) is 16.7. The lowest BCUT2D eigenvalue weighted by atomic mass is 9.93. The molecule has 0 spiro atoms. The molecular weight excluding hydrogens is 437 g/mol. The van der Waals surface area contributed by atoms with Gasteiger partial charge in [0, 0.05) is 9.80 Å². The van der Waals surface area contributed by atoms with Crippen LogP contribution in [0.5, 0.6) is 0 Å². The van der Waals surface area contributed by atoms with Crippen molar-refractivity contribution >= 4 is 53.4 Å². The fraction of sp³-hybridized carbons (Fsp3) is 0.176. The van der Waals surface area contributed by atoms with Crippen molar-refractivity contribution < 1.29 is 18.3 Å². The summed E-state index contributed by atoms with van der Waals surface area (Å²) in [4.78, 5) is 0. The van der Waals surface area contributed by atoms with Crippen LogP contribution in [0.3, 0.4) is 0 Å². The summed E-state index contributed by atoms with van der Waals surface area (Å²) in [5, 5.41) is 13.1. The van der Waals surface area contributed by atoms with Crippen LogP contribution in [-0.4, -0.2) is 10.4 Å². The number of rotatable bonds is 2. The van der Waals surface area contributed by atoms with Gasteiger partial charge in [-0.15, -0.1) is 0 Å². The topological polar surface area (TPSA) is 20.2 Å². The van der Waals surface area contributed by atoms with Crippen LogP contribution in [0.4, 0.5) is 13.2 Å². The zero-order chi connectivity index (χ0) is 16.8. The summed E-state index contributed by atoms with van der Waals surface area (Å²) in [6.07, 6.45) is -5.21. The Labute approximate surface area is 147 Å². The maximum atomic E-state index is 13.1. The first-order valence-electron chi connectivity index (χ1n) is 6.79. The number of halogens is 5. The van der Waals surface area contributed by atoms with Crippen LogP contribution in [0.25, 0.3) is 21.5 Å². The van der Waals surface area contributed by atoms with E-state index in [0.29, 0.717) is 27.1 Å². The molecule has 0 amide bonds. The van der Waals surface area contributed by atoms with Gasteiger partial charge in [-0.3, -0.25) is 0 Å². The third kappa shape index (κ3) is 2.99. The van der Waals surface area contributed by atoms with Gasteiger partial charge >= 0.3 is 6.18 Å². The van der Waals surface area contributed by atoms with Crippen LogP contribution in [0.15, 0.2) is 46.9 Å². The van der Waals surface area contributed by atoms with E-state index >= 15 is 0 Å². The average Bonchev–Trinajstić information content (AvgIpc) is 2.52. The first-order chi connectivity index (χ1) is 10.8. The van der Waals surface area contributed by atoms with Gasteiger partial charge in [0.1, 0.15) is 0 Å². The number of aliphatic hydroxyl groups excluding tert-OH is 1. The Bertz CT molecular complexity index is 890. The second kappa shape index (κ2) is 6.07. The molecule has 120 valence electrons. The van der Waals surface area contributed by atoms with Gasteiger partial charge in [0.15, 0.2) is 0 Å². The van der Waals surface area contributed by atoms with Gasteiger partial charge in [0.05, 0.1) is 11.7 Å². The van der Waals surface area contributed by atoms with Crippen molar-refractivity contribution in [2.24, 2.45) is 0 Å². The summed E-state index contributed by atoms with van der Waals surface area (Å²) in [5.74, 6) is 0. The largest absolute Gasteiger partial charge is 0.416 e. The molecule has 0 unspecified atom stereocenters. The number of fused-ring (bicyclic) bond motifs is 3. The van der Waals surface area contributed by atoms with Crippen LogP contribution >= 0.6 is 31.9 Å². The summed E-state index contributed by atoms with van der Waals surface area (Å²) in [6.45, 7) is 0. The number of hydrogen-bond acceptors (Lipinski definition) is 1. The number of benzene rings is 3. The van der Waals surface area contributed by atoms with Crippen molar-refractivity contribution in [3.8, 4) is 0 Å². The predicted molar refractivity (Wildman–Crippen MR) is 92.9 cm³/mol. The van der Waals surface area contributed by atoms with E-state index in [-0.39, 0.29) is 0 Å². The summed E-state index contributed by atoms with van der Waals surface area (Å²) < 4.78 is 39.9. The molecule has 3 aromatic rings. The summed E-state index contributed by atoms with van der Waals surface area (Å²) in [6, 6.07) is 10.8. The molecule has 0 aromatic heterocycles. The van der Waals surface area contributed by atoms with E-state index in [9.17, 15) is 18.3 Å². The van der Waals surface area contributed by atoms with Gasteiger partial charge in [-0.05, 0) is 51.4 Å². The molecule has 0 saturated carbocycles. The SMILES string of the molecule is O[C@@H](CBr)c1cc2c(Br)cccc2c2cc(C(F)(F)F)ccc12. The van der Waals surface area contributed by atoms with Gasteiger partial charge in [0.2, 0.25) is 0 Å². The molecule has 0 radical (unpaired) electrons. The molecule has 1 nitrogen and oxygen atoms in total. The summed E-state index contributed by atoms with van der Waals surface area (Å²) >= 11 is 6.65. The van der Waals surface area contributed by atoms with Crippen LogP contribution in [0.1, 0.15) is 17.2 Å². The minimum absolute atomic E-state index is 0.305. The summed E-state index contributed by atoms with van der Waals surface area (Å²) in [7, 11) is 0. The minimum atomic E-state index is -4.41. The molecule has 0 fully saturated rings. The van der Waals surface area contributed by atoms with E-state index in [4.69, 9.17) is 0 Å². The molecule has 0 saturated heterocycles. The molecule has 0 heterocycles. The number of hydrogen-bond donors (Lipinski definition) is 1. The number of aliphatic hydroxyl groups is 1. The minimum Gasteiger partial charge on any atom is -0.388 e. The van der Waals surface area contributed by atoms with E-state index < -0.39 is 17.8 Å². The maximum absolute atomic E-state index is 13.1. The Morgan fingerprint density at radius 1 is 0.957 bits per heavy atom. The van der Waals surface area contributed by atoms with E-state index in [2.05, 4.69) is 31.9 Å².